The second-order valence-electron chi connectivity index (χ2n) is 4.26. The van der Waals surface area contributed by atoms with E-state index < -0.39 is 0 Å². The molecule has 0 saturated carbocycles. The van der Waals surface area contributed by atoms with Gasteiger partial charge in [-0.1, -0.05) is 12.1 Å². The summed E-state index contributed by atoms with van der Waals surface area (Å²) < 4.78 is 0. The van der Waals surface area contributed by atoms with Gasteiger partial charge in [0.05, 0.1) is 29.6 Å². The van der Waals surface area contributed by atoms with Crippen molar-refractivity contribution in [2.24, 2.45) is 0 Å². The molecule has 0 saturated heterocycles. The first-order valence-electron chi connectivity index (χ1n) is 5.95. The van der Waals surface area contributed by atoms with Crippen LogP contribution in [-0.2, 0) is 4.79 Å². The number of nitrogens with one attached hydrogen (secondary N) is 1. The van der Waals surface area contributed by atoms with Gasteiger partial charge in [0.2, 0.25) is 0 Å². The van der Waals surface area contributed by atoms with Gasteiger partial charge in [-0.15, -0.1) is 0 Å². The van der Waals surface area contributed by atoms with E-state index in [9.17, 15) is 4.79 Å². The molecule has 1 aliphatic heterocycles. The van der Waals surface area contributed by atoms with Crippen molar-refractivity contribution in [2.45, 2.75) is 0 Å². The molecule has 0 bridgehead atoms. The lowest BCUT2D eigenvalue weighted by atomic mass is 10.1. The van der Waals surface area contributed by atoms with Gasteiger partial charge < -0.3 is 5.32 Å². The van der Waals surface area contributed by atoms with Crippen LogP contribution in [0.15, 0.2) is 48.5 Å². The van der Waals surface area contributed by atoms with Crippen molar-refractivity contribution in [1.29, 1.82) is 5.26 Å². The minimum Gasteiger partial charge on any atom is -0.374 e. The Morgan fingerprint density at radius 1 is 1.11 bits per heavy atom. The molecule has 0 aromatic heterocycles. The Morgan fingerprint density at radius 2 is 1.84 bits per heavy atom. The number of para-hydroxylation sites is 2. The number of fused-ring (bicyclic) bond motifs is 1. The normalized spacial score (nSPS) is 13.4. The van der Waals surface area contributed by atoms with Gasteiger partial charge in [-0.3, -0.25) is 9.69 Å². The zero-order valence-electron chi connectivity index (χ0n) is 10.1. The molecule has 92 valence electrons. The van der Waals surface area contributed by atoms with Gasteiger partial charge >= 0.3 is 0 Å². The van der Waals surface area contributed by atoms with Gasteiger partial charge in [-0.05, 0) is 36.4 Å². The molecule has 0 atom stereocenters. The summed E-state index contributed by atoms with van der Waals surface area (Å²) in [7, 11) is 0. The predicted molar refractivity (Wildman–Crippen MR) is 73.2 cm³/mol. The number of benzene rings is 2. The van der Waals surface area contributed by atoms with Gasteiger partial charge in [-0.25, -0.2) is 0 Å². The fourth-order valence-corrected chi connectivity index (χ4v) is 2.17. The number of nitrogens with zero attached hydrogens (tertiary/aromatic N) is 2. The molecular weight excluding hydrogens is 238 g/mol. The van der Waals surface area contributed by atoms with Crippen molar-refractivity contribution in [3.05, 3.63) is 54.1 Å². The van der Waals surface area contributed by atoms with Crippen LogP contribution < -0.4 is 10.2 Å². The van der Waals surface area contributed by atoms with Crippen LogP contribution in [0.5, 0.6) is 0 Å². The Bertz CT molecular complexity index is 671. The summed E-state index contributed by atoms with van der Waals surface area (Å²) in [5.41, 5.74) is 3.13. The molecule has 1 N–H and O–H groups in total. The number of anilines is 3. The van der Waals surface area contributed by atoms with Crippen molar-refractivity contribution < 1.29 is 4.79 Å². The molecule has 0 spiro atoms. The van der Waals surface area contributed by atoms with Gasteiger partial charge in [0, 0.05) is 5.69 Å². The molecule has 0 radical (unpaired) electrons. The van der Waals surface area contributed by atoms with Crippen LogP contribution in [0.25, 0.3) is 0 Å². The van der Waals surface area contributed by atoms with E-state index in [1.807, 2.05) is 24.3 Å². The summed E-state index contributed by atoms with van der Waals surface area (Å²) in [6.45, 7) is 0.275. The summed E-state index contributed by atoms with van der Waals surface area (Å²) in [6.07, 6.45) is 0. The maximum atomic E-state index is 12.1. The van der Waals surface area contributed by atoms with Crippen LogP contribution in [0, 0.1) is 11.3 Å². The summed E-state index contributed by atoms with van der Waals surface area (Å²) >= 11 is 0. The van der Waals surface area contributed by atoms with Crippen LogP contribution in [-0.4, -0.2) is 12.5 Å². The summed E-state index contributed by atoms with van der Waals surface area (Å²) in [6, 6.07) is 16.8. The van der Waals surface area contributed by atoms with Crippen molar-refractivity contribution in [1.82, 2.24) is 0 Å². The van der Waals surface area contributed by atoms with Gasteiger partial charge in [0.1, 0.15) is 0 Å². The minimum atomic E-state index is -0.0107. The standard InChI is InChI=1S/C15H11N3O/c16-9-11-5-7-12(8-6-11)18-14-4-2-1-3-13(14)17-10-15(18)19/h1-8,17H,10H2. The molecule has 2 aromatic carbocycles. The van der Waals surface area contributed by atoms with Gasteiger partial charge in [0.25, 0.3) is 5.91 Å². The molecule has 19 heavy (non-hydrogen) atoms. The molecule has 1 amide bonds. The molecule has 3 rings (SSSR count). The topological polar surface area (TPSA) is 56.1 Å². The molecule has 1 heterocycles. The number of hydrogen-bond donors (Lipinski definition) is 1. The van der Waals surface area contributed by atoms with E-state index in [2.05, 4.69) is 11.4 Å². The lowest BCUT2D eigenvalue weighted by Gasteiger charge is -2.30. The minimum absolute atomic E-state index is 0.0107. The third-order valence-corrected chi connectivity index (χ3v) is 3.08. The zero-order valence-corrected chi connectivity index (χ0v) is 10.1. The van der Waals surface area contributed by atoms with Crippen LogP contribution in [0.2, 0.25) is 0 Å². The first-order valence-corrected chi connectivity index (χ1v) is 5.95. The lowest BCUT2D eigenvalue weighted by Crippen LogP contribution is -2.36. The summed E-state index contributed by atoms with van der Waals surface area (Å²) in [5, 5.41) is 11.9. The van der Waals surface area contributed by atoms with Crippen molar-refractivity contribution in [3.63, 3.8) is 0 Å². The second-order valence-corrected chi connectivity index (χ2v) is 4.26. The predicted octanol–water partition coefficient (Wildman–Crippen LogP) is 2.65. The fourth-order valence-electron chi connectivity index (χ4n) is 2.17. The molecule has 4 nitrogen and oxygen atoms in total. The highest BCUT2D eigenvalue weighted by molar-refractivity contribution is 6.08. The van der Waals surface area contributed by atoms with Crippen molar-refractivity contribution in [3.8, 4) is 6.07 Å². The number of rotatable bonds is 1. The van der Waals surface area contributed by atoms with E-state index in [1.165, 1.54) is 0 Å². The maximum absolute atomic E-state index is 12.1. The highest BCUT2D eigenvalue weighted by Crippen LogP contribution is 2.34. The number of carbonyl (C=O) groups is 1. The third-order valence-electron chi connectivity index (χ3n) is 3.08. The molecule has 2 aromatic rings. The number of carbonyl (C=O) groups excluding carboxylic acids is 1. The van der Waals surface area contributed by atoms with Gasteiger partial charge in [-0.2, -0.15) is 5.26 Å². The Kier molecular flexibility index (Phi) is 2.66. The van der Waals surface area contributed by atoms with Gasteiger partial charge in [0.15, 0.2) is 0 Å². The Labute approximate surface area is 110 Å². The average molecular weight is 249 g/mol. The van der Waals surface area contributed by atoms with Crippen LogP contribution >= 0.6 is 0 Å². The SMILES string of the molecule is N#Cc1ccc(N2C(=O)CNc3ccccc32)cc1. The van der Waals surface area contributed by atoms with E-state index in [4.69, 9.17) is 5.26 Å². The molecular formula is C15H11N3O. The molecule has 1 aliphatic rings. The number of nitriles is 1. The molecule has 4 heteroatoms. The van der Waals surface area contributed by atoms with Crippen LogP contribution in [0.1, 0.15) is 5.56 Å². The highest BCUT2D eigenvalue weighted by Gasteiger charge is 2.24. The molecule has 0 fully saturated rings. The van der Waals surface area contributed by atoms with E-state index in [0.717, 1.165) is 17.1 Å². The van der Waals surface area contributed by atoms with E-state index in [-0.39, 0.29) is 12.5 Å². The third kappa shape index (κ3) is 1.91. The number of hydrogen-bond acceptors (Lipinski definition) is 3. The zero-order chi connectivity index (χ0) is 13.2. The second kappa shape index (κ2) is 4.46. The number of amides is 1. The first kappa shape index (κ1) is 11.3. The van der Waals surface area contributed by atoms with Crippen molar-refractivity contribution >= 4 is 23.0 Å². The largest absolute Gasteiger partial charge is 0.374 e. The lowest BCUT2D eigenvalue weighted by molar-refractivity contribution is -0.116. The van der Waals surface area contributed by atoms with E-state index in [1.54, 1.807) is 29.2 Å². The quantitative estimate of drug-likeness (QED) is 0.845. The Balaban J connectivity index is 2.08. The highest BCUT2D eigenvalue weighted by atomic mass is 16.2. The van der Waals surface area contributed by atoms with E-state index in [0.29, 0.717) is 5.56 Å². The summed E-state index contributed by atoms with van der Waals surface area (Å²) in [5.74, 6) is -0.0107. The van der Waals surface area contributed by atoms with Crippen LogP contribution in [0.3, 0.4) is 0 Å². The Morgan fingerprint density at radius 3 is 2.58 bits per heavy atom. The smallest absolute Gasteiger partial charge is 0.250 e. The van der Waals surface area contributed by atoms with Crippen molar-refractivity contribution in [2.75, 3.05) is 16.8 Å². The molecule has 0 aliphatic carbocycles. The molecule has 0 unspecified atom stereocenters. The Hall–Kier alpha value is -2.80. The first-order chi connectivity index (χ1) is 9.29. The van der Waals surface area contributed by atoms with Crippen LogP contribution in [0.4, 0.5) is 17.1 Å². The average Bonchev–Trinajstić information content (AvgIpc) is 2.47. The monoisotopic (exact) mass is 249 g/mol. The fraction of sp³-hybridized carbons (Fsp3) is 0.0667. The summed E-state index contributed by atoms with van der Waals surface area (Å²) in [4.78, 5) is 13.8. The maximum Gasteiger partial charge on any atom is 0.250 e. The van der Waals surface area contributed by atoms with E-state index >= 15 is 0 Å².